The van der Waals surface area contributed by atoms with Crippen molar-refractivity contribution >= 4 is 21.6 Å². The largest absolute Gasteiger partial charge is 0.490 e. The number of hydrogen-bond acceptors (Lipinski definition) is 3. The van der Waals surface area contributed by atoms with Gasteiger partial charge in [-0.1, -0.05) is 40.7 Å². The summed E-state index contributed by atoms with van der Waals surface area (Å²) >= 11 is 3.41. The van der Waals surface area contributed by atoms with Gasteiger partial charge in [0, 0.05) is 11.0 Å². The highest BCUT2D eigenvalue weighted by atomic mass is 79.9. The molecule has 0 unspecified atom stereocenters. The molecule has 0 fully saturated rings. The van der Waals surface area contributed by atoms with Crippen LogP contribution in [0.5, 0.6) is 5.75 Å². The van der Waals surface area contributed by atoms with Crippen molar-refractivity contribution in [3.05, 3.63) is 70.7 Å². The molecule has 2 aromatic rings. The van der Waals surface area contributed by atoms with Gasteiger partial charge in [-0.25, -0.2) is 0 Å². The molecule has 0 amide bonds. The number of ether oxygens (including phenoxy) is 1. The summed E-state index contributed by atoms with van der Waals surface area (Å²) in [6.45, 7) is 4.76. The molecule has 0 spiro atoms. The van der Waals surface area contributed by atoms with Crippen LogP contribution in [-0.2, 0) is 6.54 Å². The van der Waals surface area contributed by atoms with E-state index in [9.17, 15) is 0 Å². The molecule has 0 saturated carbocycles. The van der Waals surface area contributed by atoms with Gasteiger partial charge in [0.05, 0.1) is 11.3 Å². The highest BCUT2D eigenvalue weighted by Gasteiger charge is 2.03. The SMILES string of the molecule is C=CCOc1ccc(CNc2cc(Br)ccc2C#N)cc1. The van der Waals surface area contributed by atoms with Crippen LogP contribution in [0.4, 0.5) is 5.69 Å². The van der Waals surface area contributed by atoms with Gasteiger partial charge >= 0.3 is 0 Å². The average Bonchev–Trinajstić information content (AvgIpc) is 2.52. The molecule has 4 heteroatoms. The lowest BCUT2D eigenvalue weighted by Crippen LogP contribution is -2.01. The first-order valence-corrected chi connectivity index (χ1v) is 7.28. The first-order valence-electron chi connectivity index (χ1n) is 6.49. The molecule has 21 heavy (non-hydrogen) atoms. The third-order valence-electron chi connectivity index (χ3n) is 2.88. The zero-order chi connectivity index (χ0) is 15.1. The van der Waals surface area contributed by atoms with Crippen molar-refractivity contribution in [2.75, 3.05) is 11.9 Å². The monoisotopic (exact) mass is 342 g/mol. The Hall–Kier alpha value is -2.25. The molecule has 0 aliphatic carbocycles. The standard InChI is InChI=1S/C17H15BrN2O/c1-2-9-21-16-7-3-13(4-8-16)12-20-17-10-15(18)6-5-14(17)11-19/h2-8,10,20H,1,9,12H2. The van der Waals surface area contributed by atoms with Crippen LogP contribution in [0.3, 0.4) is 0 Å². The molecular formula is C17H15BrN2O. The first kappa shape index (κ1) is 15.1. The van der Waals surface area contributed by atoms with Gasteiger partial charge in [0.25, 0.3) is 0 Å². The molecule has 3 nitrogen and oxygen atoms in total. The van der Waals surface area contributed by atoms with Gasteiger partial charge in [-0.3, -0.25) is 0 Å². The molecular weight excluding hydrogens is 328 g/mol. The highest BCUT2D eigenvalue weighted by Crippen LogP contribution is 2.22. The minimum absolute atomic E-state index is 0.501. The van der Waals surface area contributed by atoms with Crippen LogP contribution in [0.25, 0.3) is 0 Å². The van der Waals surface area contributed by atoms with Gasteiger partial charge < -0.3 is 10.1 Å². The average molecular weight is 343 g/mol. The van der Waals surface area contributed by atoms with Gasteiger partial charge in [0.1, 0.15) is 18.4 Å². The second-order valence-corrected chi connectivity index (χ2v) is 5.31. The zero-order valence-electron chi connectivity index (χ0n) is 11.5. The van der Waals surface area contributed by atoms with E-state index < -0.39 is 0 Å². The summed E-state index contributed by atoms with van der Waals surface area (Å²) in [4.78, 5) is 0. The van der Waals surface area contributed by atoms with E-state index in [0.717, 1.165) is 21.5 Å². The molecule has 0 atom stereocenters. The van der Waals surface area contributed by atoms with Crippen LogP contribution < -0.4 is 10.1 Å². The lowest BCUT2D eigenvalue weighted by Gasteiger charge is -2.10. The molecule has 0 saturated heterocycles. The normalized spacial score (nSPS) is 9.71. The highest BCUT2D eigenvalue weighted by molar-refractivity contribution is 9.10. The van der Waals surface area contributed by atoms with Crippen molar-refractivity contribution < 1.29 is 4.74 Å². The number of nitriles is 1. The van der Waals surface area contributed by atoms with Gasteiger partial charge in [-0.05, 0) is 35.9 Å². The van der Waals surface area contributed by atoms with E-state index in [-0.39, 0.29) is 0 Å². The topological polar surface area (TPSA) is 45.0 Å². The van der Waals surface area contributed by atoms with Gasteiger partial charge in [-0.2, -0.15) is 5.26 Å². The lowest BCUT2D eigenvalue weighted by atomic mass is 10.1. The smallest absolute Gasteiger partial charge is 0.119 e. The van der Waals surface area contributed by atoms with Crippen molar-refractivity contribution in [2.45, 2.75) is 6.54 Å². The predicted octanol–water partition coefficient (Wildman–Crippen LogP) is 4.50. The summed E-state index contributed by atoms with van der Waals surface area (Å²) in [5.74, 6) is 0.818. The Morgan fingerprint density at radius 3 is 2.67 bits per heavy atom. The second-order valence-electron chi connectivity index (χ2n) is 4.40. The maximum Gasteiger partial charge on any atom is 0.119 e. The van der Waals surface area contributed by atoms with Crippen LogP contribution in [0.15, 0.2) is 59.6 Å². The molecule has 0 bridgehead atoms. The Bertz CT molecular complexity index is 659. The van der Waals surface area contributed by atoms with Crippen LogP contribution in [0, 0.1) is 11.3 Å². The van der Waals surface area contributed by atoms with Gasteiger partial charge in [0.15, 0.2) is 0 Å². The summed E-state index contributed by atoms with van der Waals surface area (Å²) in [6.07, 6.45) is 1.71. The Balaban J connectivity index is 2.01. The van der Waals surface area contributed by atoms with Crippen molar-refractivity contribution in [2.24, 2.45) is 0 Å². The fourth-order valence-electron chi connectivity index (χ4n) is 1.82. The van der Waals surface area contributed by atoms with Crippen LogP contribution in [0.1, 0.15) is 11.1 Å². The van der Waals surface area contributed by atoms with E-state index in [1.165, 1.54) is 0 Å². The fourth-order valence-corrected chi connectivity index (χ4v) is 2.18. The summed E-state index contributed by atoms with van der Waals surface area (Å²) in [7, 11) is 0. The molecule has 0 heterocycles. The number of anilines is 1. The Labute approximate surface area is 133 Å². The minimum atomic E-state index is 0.501. The molecule has 2 aromatic carbocycles. The summed E-state index contributed by atoms with van der Waals surface area (Å²) in [6, 6.07) is 15.6. The zero-order valence-corrected chi connectivity index (χ0v) is 13.1. The van der Waals surface area contributed by atoms with E-state index in [1.54, 1.807) is 12.1 Å². The minimum Gasteiger partial charge on any atom is -0.490 e. The third kappa shape index (κ3) is 4.37. The molecule has 0 aliphatic heterocycles. The number of nitrogens with zero attached hydrogens (tertiary/aromatic N) is 1. The number of hydrogen-bond donors (Lipinski definition) is 1. The van der Waals surface area contributed by atoms with Crippen molar-refractivity contribution in [1.29, 1.82) is 5.26 Å². The fraction of sp³-hybridized carbons (Fsp3) is 0.118. The third-order valence-corrected chi connectivity index (χ3v) is 3.37. The molecule has 2 rings (SSSR count). The maximum absolute atomic E-state index is 9.10. The first-order chi connectivity index (χ1) is 10.2. The number of benzene rings is 2. The summed E-state index contributed by atoms with van der Waals surface area (Å²) < 4.78 is 6.38. The molecule has 0 aromatic heterocycles. The molecule has 106 valence electrons. The number of rotatable bonds is 6. The van der Waals surface area contributed by atoms with E-state index in [2.05, 4.69) is 33.9 Å². The molecule has 0 aliphatic rings. The van der Waals surface area contributed by atoms with Crippen molar-refractivity contribution in [1.82, 2.24) is 0 Å². The quantitative estimate of drug-likeness (QED) is 0.786. The number of nitrogens with one attached hydrogen (secondary N) is 1. The van der Waals surface area contributed by atoms with Gasteiger partial charge in [0.2, 0.25) is 0 Å². The lowest BCUT2D eigenvalue weighted by molar-refractivity contribution is 0.363. The second kappa shape index (κ2) is 7.51. The van der Waals surface area contributed by atoms with Crippen LogP contribution >= 0.6 is 15.9 Å². The van der Waals surface area contributed by atoms with Crippen molar-refractivity contribution in [3.8, 4) is 11.8 Å². The van der Waals surface area contributed by atoms with Crippen LogP contribution in [0.2, 0.25) is 0 Å². The Morgan fingerprint density at radius 1 is 1.24 bits per heavy atom. The van der Waals surface area contributed by atoms with E-state index in [1.807, 2.05) is 36.4 Å². The maximum atomic E-state index is 9.10. The number of halogens is 1. The summed E-state index contributed by atoms with van der Waals surface area (Å²) in [5, 5.41) is 12.4. The Morgan fingerprint density at radius 2 is 2.00 bits per heavy atom. The van der Waals surface area contributed by atoms with E-state index in [4.69, 9.17) is 10.00 Å². The summed E-state index contributed by atoms with van der Waals surface area (Å²) in [5.41, 5.74) is 2.56. The molecule has 0 radical (unpaired) electrons. The molecule has 1 N–H and O–H groups in total. The Kier molecular flexibility index (Phi) is 5.42. The van der Waals surface area contributed by atoms with E-state index in [0.29, 0.717) is 18.7 Å². The van der Waals surface area contributed by atoms with Crippen LogP contribution in [-0.4, -0.2) is 6.61 Å². The van der Waals surface area contributed by atoms with Crippen molar-refractivity contribution in [3.63, 3.8) is 0 Å². The predicted molar refractivity (Wildman–Crippen MR) is 88.3 cm³/mol. The van der Waals surface area contributed by atoms with E-state index >= 15 is 0 Å². The van der Waals surface area contributed by atoms with Gasteiger partial charge in [-0.15, -0.1) is 0 Å².